The predicted octanol–water partition coefficient (Wildman–Crippen LogP) is 6.72. The molecule has 1 heteroatoms. The lowest BCUT2D eigenvalue weighted by Crippen LogP contribution is -2.19. The van der Waals surface area contributed by atoms with Crippen LogP contribution in [0.25, 0.3) is 5.57 Å². The van der Waals surface area contributed by atoms with Gasteiger partial charge in [-0.1, -0.05) is 67.5 Å². The first kappa shape index (κ1) is 19.1. The van der Waals surface area contributed by atoms with Crippen LogP contribution in [0.1, 0.15) is 50.8 Å². The number of nitrogen functional groups attached to an aromatic ring is 1. The van der Waals surface area contributed by atoms with Crippen LogP contribution in [0.15, 0.2) is 65.8 Å². The molecule has 0 fully saturated rings. The summed E-state index contributed by atoms with van der Waals surface area (Å²) in [5.41, 5.74) is 15.0. The van der Waals surface area contributed by atoms with Crippen LogP contribution in [0, 0.1) is 19.3 Å². The Balaban J connectivity index is 0.000000269. The van der Waals surface area contributed by atoms with E-state index >= 15 is 0 Å². The van der Waals surface area contributed by atoms with Crippen molar-refractivity contribution in [2.45, 2.75) is 48.0 Å². The van der Waals surface area contributed by atoms with Crippen LogP contribution < -0.4 is 5.73 Å². The Bertz CT molecular complexity index is 792. The summed E-state index contributed by atoms with van der Waals surface area (Å²) in [4.78, 5) is 0. The summed E-state index contributed by atoms with van der Waals surface area (Å²) < 4.78 is 0. The highest BCUT2D eigenvalue weighted by Gasteiger charge is 2.29. The molecule has 0 atom stereocenters. The summed E-state index contributed by atoms with van der Waals surface area (Å²) in [5.74, 6) is 0. The first-order chi connectivity index (χ1) is 11.7. The third-order valence-electron chi connectivity index (χ3n) is 4.71. The van der Waals surface area contributed by atoms with Gasteiger partial charge in [-0.3, -0.25) is 0 Å². The van der Waals surface area contributed by atoms with Gasteiger partial charge < -0.3 is 5.73 Å². The molecule has 25 heavy (non-hydrogen) atoms. The molecule has 0 spiro atoms. The molecular formula is C24H31N. The predicted molar refractivity (Wildman–Crippen MR) is 112 cm³/mol. The Morgan fingerprint density at radius 1 is 0.880 bits per heavy atom. The van der Waals surface area contributed by atoms with Gasteiger partial charge in [0.25, 0.3) is 0 Å². The maximum absolute atomic E-state index is 5.36. The van der Waals surface area contributed by atoms with E-state index in [4.69, 9.17) is 5.73 Å². The van der Waals surface area contributed by atoms with Crippen molar-refractivity contribution in [1.29, 1.82) is 0 Å². The van der Waals surface area contributed by atoms with E-state index in [1.54, 1.807) is 0 Å². The number of nitrogens with two attached hydrogens (primary N) is 1. The van der Waals surface area contributed by atoms with E-state index in [0.717, 1.165) is 12.1 Å². The van der Waals surface area contributed by atoms with Gasteiger partial charge in [-0.25, -0.2) is 0 Å². The first-order valence-electron chi connectivity index (χ1n) is 8.97. The van der Waals surface area contributed by atoms with E-state index in [1.165, 1.54) is 33.4 Å². The number of hydrogen-bond donors (Lipinski definition) is 1. The molecule has 0 saturated heterocycles. The summed E-state index contributed by atoms with van der Waals surface area (Å²) in [7, 11) is 0. The van der Waals surface area contributed by atoms with E-state index in [9.17, 15) is 0 Å². The van der Waals surface area contributed by atoms with Crippen LogP contribution in [-0.2, 0) is 0 Å². The lowest BCUT2D eigenvalue weighted by molar-refractivity contribution is 0.487. The van der Waals surface area contributed by atoms with Crippen LogP contribution in [0.4, 0.5) is 5.69 Å². The van der Waals surface area contributed by atoms with Gasteiger partial charge in [0.05, 0.1) is 0 Å². The van der Waals surface area contributed by atoms with E-state index in [0.29, 0.717) is 0 Å². The van der Waals surface area contributed by atoms with Crippen LogP contribution >= 0.6 is 0 Å². The van der Waals surface area contributed by atoms with Crippen molar-refractivity contribution < 1.29 is 0 Å². The highest BCUT2D eigenvalue weighted by Crippen LogP contribution is 2.46. The molecule has 2 aromatic rings. The lowest BCUT2D eigenvalue weighted by Gasteiger charge is -2.35. The van der Waals surface area contributed by atoms with E-state index in [-0.39, 0.29) is 5.41 Å². The van der Waals surface area contributed by atoms with Gasteiger partial charge in [0, 0.05) is 5.69 Å². The van der Waals surface area contributed by atoms with Crippen molar-refractivity contribution in [3.63, 3.8) is 0 Å². The van der Waals surface area contributed by atoms with Gasteiger partial charge in [-0.2, -0.15) is 0 Å². The highest BCUT2D eigenvalue weighted by molar-refractivity contribution is 5.78. The zero-order chi connectivity index (χ0) is 18.6. The average Bonchev–Trinajstić information content (AvgIpc) is 2.49. The van der Waals surface area contributed by atoms with Gasteiger partial charge in [0.2, 0.25) is 0 Å². The molecule has 0 aliphatic heterocycles. The molecule has 2 N–H and O–H groups in total. The Labute approximate surface area is 153 Å². The Hall–Kier alpha value is -2.28. The number of para-hydroxylation sites is 1. The second-order valence-electron chi connectivity index (χ2n) is 7.84. The largest absolute Gasteiger partial charge is 0.399 e. The topological polar surface area (TPSA) is 26.0 Å². The molecule has 0 bridgehead atoms. The minimum Gasteiger partial charge on any atom is -0.399 e. The number of hydrogen-bond acceptors (Lipinski definition) is 1. The Morgan fingerprint density at radius 3 is 2.00 bits per heavy atom. The fourth-order valence-electron chi connectivity index (χ4n) is 3.94. The summed E-state index contributed by atoms with van der Waals surface area (Å²) in [6, 6.07) is 16.3. The number of aryl methyl sites for hydroxylation is 2. The summed E-state index contributed by atoms with van der Waals surface area (Å²) >= 11 is 0. The molecule has 3 rings (SSSR count). The minimum absolute atomic E-state index is 0.239. The van der Waals surface area contributed by atoms with Gasteiger partial charge in [-0.05, 0) is 73.9 Å². The zero-order valence-electron chi connectivity index (χ0n) is 16.5. The number of anilines is 1. The molecule has 1 nitrogen and oxygen atoms in total. The van der Waals surface area contributed by atoms with Crippen LogP contribution in [0.3, 0.4) is 0 Å². The van der Waals surface area contributed by atoms with Crippen molar-refractivity contribution in [1.82, 2.24) is 0 Å². The van der Waals surface area contributed by atoms with Gasteiger partial charge >= 0.3 is 0 Å². The fourth-order valence-corrected chi connectivity index (χ4v) is 3.94. The van der Waals surface area contributed by atoms with Gasteiger partial charge in [-0.15, -0.1) is 0 Å². The fraction of sp³-hybridized carbons (Fsp3) is 0.333. The number of benzene rings is 2. The van der Waals surface area contributed by atoms with E-state index < -0.39 is 0 Å². The summed E-state index contributed by atoms with van der Waals surface area (Å²) in [5, 5.41) is 0. The third-order valence-corrected chi connectivity index (χ3v) is 4.71. The molecule has 1 aliphatic rings. The maximum Gasteiger partial charge on any atom is 0.0313 e. The van der Waals surface area contributed by atoms with Crippen molar-refractivity contribution in [3.8, 4) is 0 Å². The summed E-state index contributed by atoms with van der Waals surface area (Å²) in [6.45, 7) is 13.6. The normalized spacial score (nSPS) is 16.0. The minimum atomic E-state index is 0.239. The Morgan fingerprint density at radius 2 is 1.52 bits per heavy atom. The van der Waals surface area contributed by atoms with Crippen LogP contribution in [0.5, 0.6) is 0 Å². The van der Waals surface area contributed by atoms with Crippen molar-refractivity contribution in [2.75, 3.05) is 5.73 Å². The van der Waals surface area contributed by atoms with Crippen molar-refractivity contribution >= 4 is 11.3 Å². The number of rotatable bonds is 1. The second-order valence-corrected chi connectivity index (χ2v) is 7.84. The molecule has 0 aromatic heterocycles. The third kappa shape index (κ3) is 4.85. The molecule has 0 saturated carbocycles. The summed E-state index contributed by atoms with van der Waals surface area (Å²) in [6.07, 6.45) is 3.51. The Kier molecular flexibility index (Phi) is 5.89. The lowest BCUT2D eigenvalue weighted by atomic mass is 9.70. The molecule has 0 heterocycles. The van der Waals surface area contributed by atoms with Crippen molar-refractivity contribution in [2.24, 2.45) is 5.41 Å². The van der Waals surface area contributed by atoms with E-state index in [1.807, 2.05) is 30.3 Å². The average molecular weight is 334 g/mol. The highest BCUT2D eigenvalue weighted by atomic mass is 14.5. The van der Waals surface area contributed by atoms with Crippen LogP contribution in [0.2, 0.25) is 0 Å². The SMILES string of the molecule is CC1=CC(C)=C(c2ccc(C)cc2C)C(C)(C)C1.Nc1ccccc1. The second kappa shape index (κ2) is 7.74. The quantitative estimate of drug-likeness (QED) is 0.576. The van der Waals surface area contributed by atoms with Crippen LogP contribution in [-0.4, -0.2) is 0 Å². The molecule has 132 valence electrons. The van der Waals surface area contributed by atoms with Crippen molar-refractivity contribution in [3.05, 3.63) is 82.4 Å². The zero-order valence-corrected chi connectivity index (χ0v) is 16.5. The molecular weight excluding hydrogens is 302 g/mol. The molecule has 1 aliphatic carbocycles. The molecule has 0 radical (unpaired) electrons. The van der Waals surface area contributed by atoms with Gasteiger partial charge in [0.15, 0.2) is 0 Å². The molecule has 0 unspecified atom stereocenters. The van der Waals surface area contributed by atoms with Gasteiger partial charge in [0.1, 0.15) is 0 Å². The van der Waals surface area contributed by atoms with E-state index in [2.05, 4.69) is 65.8 Å². The number of allylic oxidation sites excluding steroid dienone is 4. The molecule has 2 aromatic carbocycles. The monoisotopic (exact) mass is 333 g/mol. The molecule has 0 amide bonds. The first-order valence-corrected chi connectivity index (χ1v) is 8.97. The maximum atomic E-state index is 5.36. The smallest absolute Gasteiger partial charge is 0.0313 e. The standard InChI is InChI=1S/C18H24.C6H7N/c1-12-7-8-16(14(3)9-12)17-15(4)10-13(2)11-18(17,5)6;7-6-4-2-1-3-5-6/h7-10H,11H2,1-6H3;1-5H,7H2.